The minimum Gasteiger partial charge on any atom is -0.366 e. The van der Waals surface area contributed by atoms with Gasteiger partial charge in [0.1, 0.15) is 5.82 Å². The number of carbonyl (C=O) groups is 1. The Bertz CT molecular complexity index is 540. The summed E-state index contributed by atoms with van der Waals surface area (Å²) in [6.07, 6.45) is 3.50. The van der Waals surface area contributed by atoms with Gasteiger partial charge in [-0.1, -0.05) is 13.8 Å². The predicted molar refractivity (Wildman–Crippen MR) is 101 cm³/mol. The van der Waals surface area contributed by atoms with Gasteiger partial charge in [-0.25, -0.2) is 4.79 Å². The Morgan fingerprint density at radius 1 is 1.40 bits per heavy atom. The van der Waals surface area contributed by atoms with Gasteiger partial charge in [-0.15, -0.1) is 5.10 Å². The smallest absolute Gasteiger partial charge is 0.317 e. The van der Waals surface area contributed by atoms with E-state index in [0.717, 1.165) is 38.3 Å². The third kappa shape index (κ3) is 5.85. The van der Waals surface area contributed by atoms with E-state index in [9.17, 15) is 4.79 Å². The monoisotopic (exact) mass is 348 g/mol. The van der Waals surface area contributed by atoms with E-state index in [2.05, 4.69) is 60.6 Å². The van der Waals surface area contributed by atoms with Crippen molar-refractivity contribution in [3.63, 3.8) is 0 Å². The lowest BCUT2D eigenvalue weighted by molar-refractivity contribution is 0.153. The molecule has 1 aliphatic rings. The van der Waals surface area contributed by atoms with E-state index in [4.69, 9.17) is 0 Å². The van der Waals surface area contributed by atoms with Crippen LogP contribution in [0.1, 0.15) is 33.6 Å². The molecule has 7 heteroatoms. The highest BCUT2D eigenvalue weighted by atomic mass is 16.2. The largest absolute Gasteiger partial charge is 0.366 e. The fourth-order valence-corrected chi connectivity index (χ4v) is 3.24. The van der Waals surface area contributed by atoms with Gasteiger partial charge in [0.25, 0.3) is 0 Å². The van der Waals surface area contributed by atoms with Crippen LogP contribution in [-0.4, -0.2) is 71.8 Å². The molecule has 2 amide bonds. The maximum absolute atomic E-state index is 12.6. The van der Waals surface area contributed by atoms with Crippen molar-refractivity contribution in [2.75, 3.05) is 39.0 Å². The molecule has 0 aromatic carbocycles. The van der Waals surface area contributed by atoms with Crippen LogP contribution >= 0.6 is 0 Å². The van der Waals surface area contributed by atoms with Crippen molar-refractivity contribution >= 4 is 11.8 Å². The fourth-order valence-electron chi connectivity index (χ4n) is 3.24. The molecule has 140 valence electrons. The van der Waals surface area contributed by atoms with Crippen LogP contribution < -0.4 is 10.6 Å². The minimum absolute atomic E-state index is 0.0189. The lowest BCUT2D eigenvalue weighted by atomic mass is 9.85. The molecule has 0 spiro atoms. The number of aromatic nitrogens is 2. The molecule has 1 aliphatic heterocycles. The molecule has 1 aromatic heterocycles. The van der Waals surface area contributed by atoms with Crippen LogP contribution in [0.5, 0.6) is 0 Å². The van der Waals surface area contributed by atoms with Crippen LogP contribution in [0.4, 0.5) is 10.6 Å². The number of nitrogens with zero attached hydrogens (tertiary/aromatic N) is 4. The molecular formula is C18H32N6O. The summed E-state index contributed by atoms with van der Waals surface area (Å²) in [4.78, 5) is 16.6. The number of hydrogen-bond donors (Lipinski definition) is 2. The predicted octanol–water partition coefficient (Wildman–Crippen LogP) is 2.04. The van der Waals surface area contributed by atoms with Gasteiger partial charge in [-0.2, -0.15) is 5.10 Å². The first-order valence-corrected chi connectivity index (χ1v) is 9.02. The fraction of sp³-hybridized carbons (Fsp3) is 0.722. The van der Waals surface area contributed by atoms with E-state index in [1.54, 1.807) is 6.20 Å². The Hall–Kier alpha value is -1.89. The van der Waals surface area contributed by atoms with E-state index in [1.165, 1.54) is 0 Å². The minimum atomic E-state index is 0.0189. The van der Waals surface area contributed by atoms with Gasteiger partial charge in [0, 0.05) is 37.9 Å². The summed E-state index contributed by atoms with van der Waals surface area (Å²) >= 11 is 0. The Balaban J connectivity index is 1.79. The summed E-state index contributed by atoms with van der Waals surface area (Å²) in [7, 11) is 4.12. The molecule has 1 aromatic rings. The van der Waals surface area contributed by atoms with Gasteiger partial charge in [0.05, 0.1) is 0 Å². The van der Waals surface area contributed by atoms with Crippen molar-refractivity contribution in [2.24, 2.45) is 5.41 Å². The molecule has 1 unspecified atom stereocenters. The normalized spacial score (nSPS) is 17.4. The third-order valence-corrected chi connectivity index (χ3v) is 4.94. The second-order valence-electron chi connectivity index (χ2n) is 7.91. The third-order valence-electron chi connectivity index (χ3n) is 4.94. The molecule has 0 aliphatic carbocycles. The topological polar surface area (TPSA) is 73.4 Å². The number of urea groups is 1. The molecule has 2 N–H and O–H groups in total. The van der Waals surface area contributed by atoms with Gasteiger partial charge < -0.3 is 20.4 Å². The molecule has 1 fully saturated rings. The summed E-state index contributed by atoms with van der Waals surface area (Å²) in [6, 6.07) is 4.27. The Morgan fingerprint density at radius 3 is 2.64 bits per heavy atom. The number of likely N-dealkylation sites (tertiary alicyclic amines) is 1. The van der Waals surface area contributed by atoms with E-state index in [0.29, 0.717) is 6.04 Å². The van der Waals surface area contributed by atoms with Crippen molar-refractivity contribution in [1.29, 1.82) is 0 Å². The highest BCUT2D eigenvalue weighted by Crippen LogP contribution is 2.22. The summed E-state index contributed by atoms with van der Waals surface area (Å²) in [5, 5.41) is 14.5. The van der Waals surface area contributed by atoms with Gasteiger partial charge in [0.2, 0.25) is 0 Å². The van der Waals surface area contributed by atoms with Gasteiger partial charge >= 0.3 is 6.03 Å². The van der Waals surface area contributed by atoms with Crippen molar-refractivity contribution in [1.82, 2.24) is 25.3 Å². The summed E-state index contributed by atoms with van der Waals surface area (Å²) in [5.41, 5.74) is 0.0189. The molecule has 1 atom stereocenters. The van der Waals surface area contributed by atoms with Gasteiger partial charge in [-0.05, 0) is 51.4 Å². The molecule has 7 nitrogen and oxygen atoms in total. The van der Waals surface area contributed by atoms with Crippen LogP contribution in [0, 0.1) is 5.41 Å². The molecule has 1 saturated heterocycles. The molecule has 25 heavy (non-hydrogen) atoms. The van der Waals surface area contributed by atoms with Crippen molar-refractivity contribution in [3.05, 3.63) is 18.3 Å². The van der Waals surface area contributed by atoms with Crippen LogP contribution in [0.2, 0.25) is 0 Å². The van der Waals surface area contributed by atoms with E-state index in [1.807, 2.05) is 17.0 Å². The molecule has 0 bridgehead atoms. The number of hydrogen-bond acceptors (Lipinski definition) is 5. The van der Waals surface area contributed by atoms with Gasteiger partial charge in [0.15, 0.2) is 0 Å². The number of nitrogens with one attached hydrogen (secondary N) is 2. The van der Waals surface area contributed by atoms with Crippen LogP contribution in [-0.2, 0) is 0 Å². The van der Waals surface area contributed by atoms with Crippen LogP contribution in [0.3, 0.4) is 0 Å². The number of amides is 2. The van der Waals surface area contributed by atoms with E-state index < -0.39 is 0 Å². The second kappa shape index (κ2) is 8.47. The first-order chi connectivity index (χ1) is 11.8. The molecule has 2 heterocycles. The quantitative estimate of drug-likeness (QED) is 0.823. The Labute approximate surface area is 151 Å². The molecule has 0 saturated carbocycles. The zero-order valence-corrected chi connectivity index (χ0v) is 16.1. The van der Waals surface area contributed by atoms with Crippen LogP contribution in [0.15, 0.2) is 18.3 Å². The maximum atomic E-state index is 12.6. The SMILES string of the molecule is CC(NC(=O)N1CCC(Nc2cccnn2)CC1)C(C)(C)CN(C)C. The van der Waals surface area contributed by atoms with E-state index >= 15 is 0 Å². The highest BCUT2D eigenvalue weighted by Gasteiger charge is 2.30. The number of piperidine rings is 1. The van der Waals surface area contributed by atoms with Crippen molar-refractivity contribution in [2.45, 2.75) is 45.7 Å². The zero-order valence-electron chi connectivity index (χ0n) is 16.1. The highest BCUT2D eigenvalue weighted by molar-refractivity contribution is 5.74. The first-order valence-electron chi connectivity index (χ1n) is 9.02. The lowest BCUT2D eigenvalue weighted by Crippen LogP contribution is -2.53. The average Bonchev–Trinajstić information content (AvgIpc) is 2.55. The molecule has 0 radical (unpaired) electrons. The first kappa shape index (κ1) is 19.4. The Kier molecular flexibility index (Phi) is 6.58. The number of anilines is 1. The standard InChI is InChI=1S/C18H32N6O/c1-14(18(2,3)13-23(4)5)20-17(25)24-11-8-15(9-12-24)21-16-7-6-10-19-22-16/h6-7,10,14-15H,8-9,11-13H2,1-5H3,(H,20,25)(H,21,22). The lowest BCUT2D eigenvalue weighted by Gasteiger charge is -2.38. The number of rotatable bonds is 6. The van der Waals surface area contributed by atoms with E-state index in [-0.39, 0.29) is 17.5 Å². The van der Waals surface area contributed by atoms with Crippen LogP contribution in [0.25, 0.3) is 0 Å². The summed E-state index contributed by atoms with van der Waals surface area (Å²) in [5.74, 6) is 0.796. The average molecular weight is 348 g/mol. The molecule has 2 rings (SSSR count). The molecular weight excluding hydrogens is 316 g/mol. The summed E-state index contributed by atoms with van der Waals surface area (Å²) in [6.45, 7) is 8.90. The second-order valence-corrected chi connectivity index (χ2v) is 7.91. The van der Waals surface area contributed by atoms with Crippen molar-refractivity contribution in [3.8, 4) is 0 Å². The number of carbonyl (C=O) groups excluding carboxylic acids is 1. The van der Waals surface area contributed by atoms with Gasteiger partial charge in [-0.3, -0.25) is 0 Å². The Morgan fingerprint density at radius 2 is 2.08 bits per heavy atom. The zero-order chi connectivity index (χ0) is 18.4. The van der Waals surface area contributed by atoms with Crippen molar-refractivity contribution < 1.29 is 4.79 Å². The maximum Gasteiger partial charge on any atom is 0.317 e. The summed E-state index contributed by atoms with van der Waals surface area (Å²) < 4.78 is 0.